The number of nitrogens with zero attached hydrogens (tertiary/aromatic N) is 1. The second-order valence-electron chi connectivity index (χ2n) is 8.42. The molecular formula is C25H28N2O5S. The number of carboxylic acid groups (broad SMARTS) is 1. The first-order valence-corrected chi connectivity index (χ1v) is 12.2. The van der Waals surface area contributed by atoms with E-state index in [1.807, 2.05) is 24.3 Å². The summed E-state index contributed by atoms with van der Waals surface area (Å²) in [5.74, 6) is -0.648. The highest BCUT2D eigenvalue weighted by Crippen LogP contribution is 2.44. The maximum atomic E-state index is 12.7. The Hall–Kier alpha value is -3.00. The van der Waals surface area contributed by atoms with Gasteiger partial charge in [-0.05, 0) is 28.7 Å². The molecule has 174 valence electrons. The van der Waals surface area contributed by atoms with Crippen LogP contribution in [0.5, 0.6) is 0 Å². The molecule has 1 saturated heterocycles. The Morgan fingerprint density at radius 1 is 1.12 bits per heavy atom. The van der Waals surface area contributed by atoms with Crippen LogP contribution >= 0.6 is 11.8 Å². The number of benzene rings is 2. The molecule has 0 radical (unpaired) electrons. The third-order valence-corrected chi connectivity index (χ3v) is 7.44. The zero-order valence-corrected chi connectivity index (χ0v) is 19.3. The predicted octanol–water partition coefficient (Wildman–Crippen LogP) is 3.58. The van der Waals surface area contributed by atoms with Crippen molar-refractivity contribution in [3.8, 4) is 11.1 Å². The summed E-state index contributed by atoms with van der Waals surface area (Å²) in [5, 5.41) is 11.4. The van der Waals surface area contributed by atoms with Crippen LogP contribution in [0.3, 0.4) is 0 Å². The molecular weight excluding hydrogens is 440 g/mol. The van der Waals surface area contributed by atoms with Crippen LogP contribution in [0.2, 0.25) is 0 Å². The summed E-state index contributed by atoms with van der Waals surface area (Å²) in [6.45, 7) is 3.14. The van der Waals surface area contributed by atoms with E-state index < -0.39 is 17.3 Å². The molecule has 0 spiro atoms. The van der Waals surface area contributed by atoms with Crippen molar-refractivity contribution >= 4 is 29.7 Å². The minimum Gasteiger partial charge on any atom is -0.480 e. The van der Waals surface area contributed by atoms with Gasteiger partial charge in [0.05, 0.1) is 0 Å². The smallest absolute Gasteiger partial charge is 0.407 e. The van der Waals surface area contributed by atoms with Gasteiger partial charge in [-0.15, -0.1) is 11.8 Å². The third-order valence-electron chi connectivity index (χ3n) is 6.27. The average Bonchev–Trinajstić information content (AvgIpc) is 3.16. The SMILES string of the molecule is CC(CCNC(=O)OCC1c2ccccc2-c2ccccc21)C(=O)N1CCSC(C(=O)O)C1. The van der Waals surface area contributed by atoms with E-state index in [0.29, 0.717) is 25.3 Å². The summed E-state index contributed by atoms with van der Waals surface area (Å²) in [6, 6.07) is 16.3. The first-order valence-electron chi connectivity index (χ1n) is 11.2. The van der Waals surface area contributed by atoms with Crippen LogP contribution in [0.4, 0.5) is 4.79 Å². The van der Waals surface area contributed by atoms with Gasteiger partial charge in [-0.1, -0.05) is 55.5 Å². The van der Waals surface area contributed by atoms with Crippen molar-refractivity contribution in [2.45, 2.75) is 24.5 Å². The van der Waals surface area contributed by atoms with E-state index in [4.69, 9.17) is 4.74 Å². The first kappa shape index (κ1) is 23.2. The number of aliphatic carboxylic acids is 1. The predicted molar refractivity (Wildman–Crippen MR) is 127 cm³/mol. The molecule has 2 amide bonds. The highest BCUT2D eigenvalue weighted by Gasteiger charge is 2.31. The van der Waals surface area contributed by atoms with Gasteiger partial charge in [0.15, 0.2) is 0 Å². The Balaban J connectivity index is 1.24. The number of ether oxygens (including phenoxy) is 1. The molecule has 2 unspecified atom stereocenters. The third kappa shape index (κ3) is 5.16. The van der Waals surface area contributed by atoms with Crippen LogP contribution in [-0.2, 0) is 14.3 Å². The molecule has 1 aliphatic heterocycles. The minimum absolute atomic E-state index is 0.00260. The average molecular weight is 469 g/mol. The summed E-state index contributed by atoms with van der Waals surface area (Å²) in [7, 11) is 0. The van der Waals surface area contributed by atoms with Crippen molar-refractivity contribution in [3.63, 3.8) is 0 Å². The zero-order chi connectivity index (χ0) is 23.4. The van der Waals surface area contributed by atoms with Gasteiger partial charge >= 0.3 is 12.1 Å². The number of rotatable bonds is 7. The van der Waals surface area contributed by atoms with Gasteiger partial charge in [0, 0.05) is 37.2 Å². The van der Waals surface area contributed by atoms with Crippen LogP contribution in [0.15, 0.2) is 48.5 Å². The van der Waals surface area contributed by atoms with Gasteiger partial charge in [-0.2, -0.15) is 0 Å². The Bertz CT molecular complexity index is 997. The Labute approximate surface area is 197 Å². The molecule has 1 heterocycles. The second-order valence-corrected chi connectivity index (χ2v) is 9.73. The fourth-order valence-electron chi connectivity index (χ4n) is 4.47. The minimum atomic E-state index is -0.887. The van der Waals surface area contributed by atoms with Crippen LogP contribution in [-0.4, -0.2) is 65.2 Å². The molecule has 2 N–H and O–H groups in total. The molecule has 0 saturated carbocycles. The van der Waals surface area contributed by atoms with Gasteiger partial charge in [0.2, 0.25) is 5.91 Å². The van der Waals surface area contributed by atoms with Crippen LogP contribution < -0.4 is 5.32 Å². The van der Waals surface area contributed by atoms with Crippen LogP contribution in [0.25, 0.3) is 11.1 Å². The quantitative estimate of drug-likeness (QED) is 0.645. The summed E-state index contributed by atoms with van der Waals surface area (Å²) in [6.07, 6.45) is -0.0402. The molecule has 8 heteroatoms. The van der Waals surface area contributed by atoms with Gasteiger partial charge in [0.1, 0.15) is 11.9 Å². The lowest BCUT2D eigenvalue weighted by Crippen LogP contribution is -2.46. The molecule has 4 rings (SSSR count). The molecule has 1 aliphatic carbocycles. The molecule has 7 nitrogen and oxygen atoms in total. The summed E-state index contributed by atoms with van der Waals surface area (Å²) in [4.78, 5) is 37.8. The molecule has 0 aromatic heterocycles. The molecule has 0 bridgehead atoms. The molecule has 33 heavy (non-hydrogen) atoms. The number of carboxylic acids is 1. The number of nitrogens with one attached hydrogen (secondary N) is 1. The number of hydrogen-bond donors (Lipinski definition) is 2. The lowest BCUT2D eigenvalue weighted by atomic mass is 9.98. The number of amides is 2. The molecule has 1 fully saturated rings. The van der Waals surface area contributed by atoms with E-state index in [0.717, 1.165) is 11.1 Å². The van der Waals surface area contributed by atoms with E-state index in [2.05, 4.69) is 29.6 Å². The zero-order valence-electron chi connectivity index (χ0n) is 18.5. The highest BCUT2D eigenvalue weighted by atomic mass is 32.2. The van der Waals surface area contributed by atoms with Crippen molar-refractivity contribution < 1.29 is 24.2 Å². The molecule has 2 atom stereocenters. The number of carbonyl (C=O) groups excluding carboxylic acids is 2. The van der Waals surface area contributed by atoms with E-state index in [-0.39, 0.29) is 30.9 Å². The van der Waals surface area contributed by atoms with Gasteiger partial charge in [-0.25, -0.2) is 4.79 Å². The van der Waals surface area contributed by atoms with E-state index in [9.17, 15) is 19.5 Å². The Kier molecular flexibility index (Phi) is 7.23. The monoisotopic (exact) mass is 468 g/mol. The van der Waals surface area contributed by atoms with Crippen molar-refractivity contribution in [3.05, 3.63) is 59.7 Å². The first-order chi connectivity index (χ1) is 16.0. The van der Waals surface area contributed by atoms with Crippen LogP contribution in [0.1, 0.15) is 30.4 Å². The van der Waals surface area contributed by atoms with Gasteiger partial charge < -0.3 is 20.1 Å². The number of thioether (sulfide) groups is 1. The van der Waals surface area contributed by atoms with Crippen molar-refractivity contribution in [1.82, 2.24) is 10.2 Å². The number of hydrogen-bond acceptors (Lipinski definition) is 5. The lowest BCUT2D eigenvalue weighted by Gasteiger charge is -2.32. The fourth-order valence-corrected chi connectivity index (χ4v) is 5.51. The highest BCUT2D eigenvalue weighted by molar-refractivity contribution is 8.00. The number of fused-ring (bicyclic) bond motifs is 3. The second kappa shape index (κ2) is 10.3. The summed E-state index contributed by atoms with van der Waals surface area (Å²) < 4.78 is 5.53. The lowest BCUT2D eigenvalue weighted by molar-refractivity contribution is -0.139. The summed E-state index contributed by atoms with van der Waals surface area (Å²) >= 11 is 1.37. The van der Waals surface area contributed by atoms with Gasteiger partial charge in [0.25, 0.3) is 0 Å². The Morgan fingerprint density at radius 2 is 1.76 bits per heavy atom. The van der Waals surface area contributed by atoms with Crippen LogP contribution in [0, 0.1) is 5.92 Å². The maximum absolute atomic E-state index is 12.7. The van der Waals surface area contributed by atoms with E-state index >= 15 is 0 Å². The topological polar surface area (TPSA) is 95.9 Å². The maximum Gasteiger partial charge on any atom is 0.407 e. The number of carbonyl (C=O) groups is 3. The normalized spacial score (nSPS) is 18.2. The molecule has 2 aromatic carbocycles. The summed E-state index contributed by atoms with van der Waals surface area (Å²) in [5.41, 5.74) is 4.67. The largest absolute Gasteiger partial charge is 0.480 e. The fraction of sp³-hybridized carbons (Fsp3) is 0.400. The Morgan fingerprint density at radius 3 is 2.39 bits per heavy atom. The van der Waals surface area contributed by atoms with Gasteiger partial charge in [-0.3, -0.25) is 9.59 Å². The van der Waals surface area contributed by atoms with E-state index in [1.165, 1.54) is 22.9 Å². The molecule has 2 aliphatic rings. The van der Waals surface area contributed by atoms with Crippen molar-refractivity contribution in [2.75, 3.05) is 32.0 Å². The van der Waals surface area contributed by atoms with E-state index in [1.54, 1.807) is 11.8 Å². The number of alkyl carbamates (subject to hydrolysis) is 1. The van der Waals surface area contributed by atoms with Crippen molar-refractivity contribution in [1.29, 1.82) is 0 Å². The standard InChI is InChI=1S/C25H28N2O5S/c1-16(23(28)27-12-13-33-22(14-27)24(29)30)10-11-26-25(31)32-15-21-19-8-4-2-6-17(19)18-7-3-5-9-20(18)21/h2-9,16,21-22H,10-15H2,1H3,(H,26,31)(H,29,30). The molecule has 2 aromatic rings. The van der Waals surface area contributed by atoms with Crippen molar-refractivity contribution in [2.24, 2.45) is 5.92 Å².